The number of hydrogen-bond acceptors (Lipinski definition) is 3. The van der Waals surface area contributed by atoms with Gasteiger partial charge in [0.05, 0.1) is 16.3 Å². The second kappa shape index (κ2) is 4.82. The molecule has 2 rings (SSSR count). The molecule has 0 radical (unpaired) electrons. The second-order valence-electron chi connectivity index (χ2n) is 5.05. The normalized spacial score (nSPS) is 28.7. The van der Waals surface area contributed by atoms with Crippen molar-refractivity contribution in [2.24, 2.45) is 5.73 Å². The Morgan fingerprint density at radius 2 is 1.76 bits per heavy atom. The van der Waals surface area contributed by atoms with Crippen LogP contribution in [0.3, 0.4) is 0 Å². The first-order chi connectivity index (χ1) is 7.99. The van der Waals surface area contributed by atoms with Crippen LogP contribution in [0.1, 0.15) is 44.9 Å². The highest BCUT2D eigenvalue weighted by Crippen LogP contribution is 2.37. The van der Waals surface area contributed by atoms with Crippen molar-refractivity contribution in [3.63, 3.8) is 0 Å². The van der Waals surface area contributed by atoms with Gasteiger partial charge in [-0.2, -0.15) is 4.31 Å². The van der Waals surface area contributed by atoms with Crippen LogP contribution in [-0.2, 0) is 10.0 Å². The highest BCUT2D eigenvalue weighted by atomic mass is 32.2. The largest absolute Gasteiger partial charge is 0.392 e. The Labute approximate surface area is 109 Å². The fourth-order valence-electron chi connectivity index (χ4n) is 3.02. The smallest absolute Gasteiger partial charge is 0.214 e. The molecule has 0 aromatic rings. The molecule has 98 valence electrons. The van der Waals surface area contributed by atoms with E-state index >= 15 is 0 Å². The summed E-state index contributed by atoms with van der Waals surface area (Å²) < 4.78 is 26.0. The fourth-order valence-corrected chi connectivity index (χ4v) is 5.41. The van der Waals surface area contributed by atoms with Gasteiger partial charge in [-0.1, -0.05) is 31.5 Å². The van der Waals surface area contributed by atoms with Gasteiger partial charge < -0.3 is 5.73 Å². The zero-order chi connectivity index (χ0) is 12.5. The molecule has 0 atom stereocenters. The highest BCUT2D eigenvalue weighted by molar-refractivity contribution is 7.89. The molecule has 0 spiro atoms. The first kappa shape index (κ1) is 13.2. The van der Waals surface area contributed by atoms with E-state index in [4.69, 9.17) is 18.0 Å². The van der Waals surface area contributed by atoms with E-state index in [1.54, 1.807) is 4.31 Å². The van der Waals surface area contributed by atoms with Crippen LogP contribution in [0.4, 0.5) is 0 Å². The minimum atomic E-state index is -3.16. The monoisotopic (exact) mass is 276 g/mol. The van der Waals surface area contributed by atoms with E-state index in [1.807, 2.05) is 0 Å². The zero-order valence-corrected chi connectivity index (χ0v) is 11.7. The molecule has 1 aliphatic heterocycles. The molecule has 6 heteroatoms. The molecule has 0 unspecified atom stereocenters. The van der Waals surface area contributed by atoms with Crippen molar-refractivity contribution >= 4 is 27.2 Å². The lowest BCUT2D eigenvalue weighted by molar-refractivity contribution is 0.190. The van der Waals surface area contributed by atoms with Crippen molar-refractivity contribution in [2.45, 2.75) is 50.5 Å². The lowest BCUT2D eigenvalue weighted by atomic mass is 9.81. The molecule has 17 heavy (non-hydrogen) atoms. The third-order valence-corrected chi connectivity index (χ3v) is 6.35. The van der Waals surface area contributed by atoms with Crippen molar-refractivity contribution in [1.82, 2.24) is 4.31 Å². The molecule has 2 aliphatic rings. The zero-order valence-electron chi connectivity index (χ0n) is 10.0. The van der Waals surface area contributed by atoms with Crippen molar-refractivity contribution in [1.29, 1.82) is 0 Å². The summed E-state index contributed by atoms with van der Waals surface area (Å²) in [5.41, 5.74) is 5.32. The maximum absolute atomic E-state index is 12.2. The fraction of sp³-hybridized carbons (Fsp3) is 0.909. The highest BCUT2D eigenvalue weighted by Gasteiger charge is 2.47. The van der Waals surface area contributed by atoms with Gasteiger partial charge in [-0.05, 0) is 25.7 Å². The van der Waals surface area contributed by atoms with Gasteiger partial charge in [0.25, 0.3) is 0 Å². The van der Waals surface area contributed by atoms with Crippen molar-refractivity contribution in [3.8, 4) is 0 Å². The molecule has 1 heterocycles. The van der Waals surface area contributed by atoms with Crippen molar-refractivity contribution in [3.05, 3.63) is 0 Å². The summed E-state index contributed by atoms with van der Waals surface area (Å²) in [6.45, 7) is 0.583. The lowest BCUT2D eigenvalue weighted by Gasteiger charge is -2.46. The summed E-state index contributed by atoms with van der Waals surface area (Å²) in [6, 6.07) is 0. The Bertz CT molecular complexity index is 400. The Hall–Kier alpha value is -0.200. The topological polar surface area (TPSA) is 63.4 Å². The van der Waals surface area contributed by atoms with Gasteiger partial charge in [-0.15, -0.1) is 0 Å². The van der Waals surface area contributed by atoms with E-state index in [0.717, 1.165) is 44.9 Å². The molecule has 1 aliphatic carbocycles. The van der Waals surface area contributed by atoms with Gasteiger partial charge in [0.2, 0.25) is 10.0 Å². The molecule has 4 nitrogen and oxygen atoms in total. The average Bonchev–Trinajstić information content (AvgIpc) is 2.29. The molecule has 0 aromatic carbocycles. The summed E-state index contributed by atoms with van der Waals surface area (Å²) in [5, 5.41) is 0. The summed E-state index contributed by atoms with van der Waals surface area (Å²) in [4.78, 5) is 0.364. The van der Waals surface area contributed by atoms with Crippen LogP contribution in [0, 0.1) is 0 Å². The first-order valence-corrected chi connectivity index (χ1v) is 8.31. The van der Waals surface area contributed by atoms with E-state index in [0.29, 0.717) is 11.5 Å². The standard InChI is InChI=1S/C11H20N2O2S2/c12-10(16)11(6-2-1-3-7-11)13-8-4-5-9-17(13,14)15/h1-9H2,(H2,12,16). The predicted octanol–water partition coefficient (Wildman–Crippen LogP) is 1.40. The maximum atomic E-state index is 12.2. The van der Waals surface area contributed by atoms with Crippen LogP contribution in [0.5, 0.6) is 0 Å². The molecule has 1 saturated carbocycles. The number of nitrogens with zero attached hydrogens (tertiary/aromatic N) is 1. The first-order valence-electron chi connectivity index (χ1n) is 6.29. The van der Waals surface area contributed by atoms with Gasteiger partial charge in [0.15, 0.2) is 0 Å². The Balaban J connectivity index is 2.35. The second-order valence-corrected chi connectivity index (χ2v) is 7.50. The van der Waals surface area contributed by atoms with Crippen LogP contribution < -0.4 is 5.73 Å². The minimum Gasteiger partial charge on any atom is -0.392 e. The number of thiocarbonyl (C=S) groups is 1. The van der Waals surface area contributed by atoms with Gasteiger partial charge in [-0.25, -0.2) is 8.42 Å². The molecule has 0 aromatic heterocycles. The van der Waals surface area contributed by atoms with Crippen LogP contribution in [0.2, 0.25) is 0 Å². The molecule has 2 N–H and O–H groups in total. The van der Waals surface area contributed by atoms with E-state index in [2.05, 4.69) is 0 Å². The number of nitrogens with two attached hydrogens (primary N) is 1. The predicted molar refractivity (Wildman–Crippen MR) is 72.3 cm³/mol. The van der Waals surface area contributed by atoms with Crippen LogP contribution in [0.15, 0.2) is 0 Å². The number of sulfonamides is 1. The third kappa shape index (κ3) is 2.35. The summed E-state index contributed by atoms with van der Waals surface area (Å²) in [7, 11) is -3.16. The van der Waals surface area contributed by atoms with E-state index < -0.39 is 15.6 Å². The molecular weight excluding hydrogens is 256 g/mol. The lowest BCUT2D eigenvalue weighted by Crippen LogP contribution is -2.61. The minimum absolute atomic E-state index is 0.247. The Kier molecular flexibility index (Phi) is 3.75. The maximum Gasteiger partial charge on any atom is 0.214 e. The van der Waals surface area contributed by atoms with E-state index in [9.17, 15) is 8.42 Å². The summed E-state index contributed by atoms with van der Waals surface area (Å²) in [6.07, 6.45) is 6.45. The van der Waals surface area contributed by atoms with Gasteiger partial charge >= 0.3 is 0 Å². The average molecular weight is 276 g/mol. The number of hydrogen-bond donors (Lipinski definition) is 1. The van der Waals surface area contributed by atoms with Crippen LogP contribution in [0.25, 0.3) is 0 Å². The van der Waals surface area contributed by atoms with Crippen molar-refractivity contribution < 1.29 is 8.42 Å². The van der Waals surface area contributed by atoms with Crippen LogP contribution in [-0.4, -0.2) is 35.5 Å². The van der Waals surface area contributed by atoms with E-state index in [1.165, 1.54) is 0 Å². The molecule has 0 bridgehead atoms. The molecular formula is C11H20N2O2S2. The Morgan fingerprint density at radius 3 is 2.29 bits per heavy atom. The molecule has 2 fully saturated rings. The van der Waals surface area contributed by atoms with Gasteiger partial charge in [0.1, 0.15) is 0 Å². The number of rotatable bonds is 2. The molecule has 0 amide bonds. The van der Waals surface area contributed by atoms with Gasteiger partial charge in [0, 0.05) is 6.54 Å². The summed E-state index contributed by atoms with van der Waals surface area (Å²) >= 11 is 5.18. The third-order valence-electron chi connectivity index (χ3n) is 3.97. The summed E-state index contributed by atoms with van der Waals surface area (Å²) in [5.74, 6) is 0.247. The molecule has 1 saturated heterocycles. The van der Waals surface area contributed by atoms with Crippen LogP contribution >= 0.6 is 12.2 Å². The SMILES string of the molecule is NC(=S)C1(N2CCCCS2(=O)=O)CCCCC1. The van der Waals surface area contributed by atoms with E-state index in [-0.39, 0.29) is 5.75 Å². The van der Waals surface area contributed by atoms with Gasteiger partial charge in [-0.3, -0.25) is 0 Å². The Morgan fingerprint density at radius 1 is 1.12 bits per heavy atom. The van der Waals surface area contributed by atoms with Crippen molar-refractivity contribution in [2.75, 3.05) is 12.3 Å². The quantitative estimate of drug-likeness (QED) is 0.774.